The predicted molar refractivity (Wildman–Crippen MR) is 116 cm³/mol. The lowest BCUT2D eigenvalue weighted by atomic mass is 10.1. The van der Waals surface area contributed by atoms with Crippen LogP contribution in [0.15, 0.2) is 94.6 Å². The van der Waals surface area contributed by atoms with Gasteiger partial charge in [0.1, 0.15) is 5.75 Å². The van der Waals surface area contributed by atoms with Crippen molar-refractivity contribution in [1.29, 1.82) is 0 Å². The van der Waals surface area contributed by atoms with Crippen molar-refractivity contribution in [1.82, 2.24) is 10.2 Å². The molecule has 0 aliphatic carbocycles. The van der Waals surface area contributed by atoms with Gasteiger partial charge < -0.3 is 9.15 Å². The van der Waals surface area contributed by atoms with Crippen LogP contribution in [0, 0.1) is 0 Å². The number of nitrogens with zero attached hydrogens (tertiary/aromatic N) is 2. The quantitative estimate of drug-likeness (QED) is 0.317. The van der Waals surface area contributed by atoms with Crippen LogP contribution in [-0.4, -0.2) is 10.2 Å². The van der Waals surface area contributed by atoms with Gasteiger partial charge in [-0.2, -0.15) is 0 Å². The average molecular weight is 398 g/mol. The monoisotopic (exact) mass is 398 g/mol. The van der Waals surface area contributed by atoms with Crippen LogP contribution in [-0.2, 0) is 12.4 Å². The maximum atomic E-state index is 5.83. The molecule has 1 heterocycles. The third kappa shape index (κ3) is 3.96. The third-order valence-corrected chi connectivity index (χ3v) is 5.63. The Hall–Kier alpha value is -3.31. The van der Waals surface area contributed by atoms with Crippen LogP contribution in [0.4, 0.5) is 0 Å². The van der Waals surface area contributed by atoms with Gasteiger partial charge in [0.2, 0.25) is 0 Å². The normalized spacial score (nSPS) is 11.2. The Morgan fingerprint density at radius 3 is 2.48 bits per heavy atom. The summed E-state index contributed by atoms with van der Waals surface area (Å²) in [5.74, 6) is 2.03. The van der Waals surface area contributed by atoms with Crippen LogP contribution in [0.25, 0.3) is 21.5 Å². The zero-order valence-electron chi connectivity index (χ0n) is 15.6. The molecule has 0 unspecified atom stereocenters. The maximum absolute atomic E-state index is 5.83. The van der Waals surface area contributed by atoms with Gasteiger partial charge in [0.05, 0.1) is 0 Å². The van der Waals surface area contributed by atoms with Gasteiger partial charge in [-0.05, 0) is 39.2 Å². The molecule has 0 aliphatic heterocycles. The Balaban J connectivity index is 1.23. The van der Waals surface area contributed by atoms with E-state index >= 15 is 0 Å². The molecule has 1 aromatic heterocycles. The van der Waals surface area contributed by atoms with E-state index < -0.39 is 0 Å². The van der Waals surface area contributed by atoms with E-state index in [0.717, 1.165) is 16.9 Å². The summed E-state index contributed by atoms with van der Waals surface area (Å²) in [6.45, 7) is 0.250. The number of fused-ring (bicyclic) bond motifs is 2. The summed E-state index contributed by atoms with van der Waals surface area (Å²) in [4.78, 5) is 0. The fourth-order valence-corrected chi connectivity index (χ4v) is 4.10. The third-order valence-electron chi connectivity index (χ3n) is 4.76. The highest BCUT2D eigenvalue weighted by molar-refractivity contribution is 7.98. The molecule has 0 atom stereocenters. The van der Waals surface area contributed by atoms with Crippen molar-refractivity contribution in [3.8, 4) is 5.75 Å². The van der Waals surface area contributed by atoms with E-state index in [9.17, 15) is 0 Å². The number of benzene rings is 4. The van der Waals surface area contributed by atoms with Crippen molar-refractivity contribution in [2.24, 2.45) is 0 Å². The van der Waals surface area contributed by atoms with Crippen LogP contribution >= 0.6 is 11.8 Å². The van der Waals surface area contributed by atoms with Crippen molar-refractivity contribution >= 4 is 33.3 Å². The summed E-state index contributed by atoms with van der Waals surface area (Å²) in [6, 6.07) is 28.9. The number of rotatable bonds is 6. The molecule has 0 saturated heterocycles. The fourth-order valence-electron chi connectivity index (χ4n) is 3.31. The zero-order valence-corrected chi connectivity index (χ0v) is 16.4. The van der Waals surface area contributed by atoms with E-state index in [1.165, 1.54) is 33.5 Å². The highest BCUT2D eigenvalue weighted by atomic mass is 32.2. The van der Waals surface area contributed by atoms with E-state index in [-0.39, 0.29) is 6.61 Å². The van der Waals surface area contributed by atoms with E-state index in [1.807, 2.05) is 30.3 Å². The second-order valence-electron chi connectivity index (χ2n) is 6.69. The number of thioether (sulfide) groups is 1. The van der Waals surface area contributed by atoms with E-state index in [4.69, 9.17) is 9.15 Å². The minimum Gasteiger partial charge on any atom is -0.484 e. The van der Waals surface area contributed by atoms with Gasteiger partial charge in [-0.1, -0.05) is 84.6 Å². The van der Waals surface area contributed by atoms with Gasteiger partial charge in [-0.3, -0.25) is 0 Å². The molecule has 0 saturated carbocycles. The summed E-state index contributed by atoms with van der Waals surface area (Å²) < 4.78 is 11.6. The van der Waals surface area contributed by atoms with Gasteiger partial charge >= 0.3 is 0 Å². The second-order valence-corrected chi connectivity index (χ2v) is 7.61. The summed E-state index contributed by atoms with van der Waals surface area (Å²) in [7, 11) is 0. The summed E-state index contributed by atoms with van der Waals surface area (Å²) in [6.07, 6.45) is 0. The van der Waals surface area contributed by atoms with Gasteiger partial charge in [-0.25, -0.2) is 0 Å². The van der Waals surface area contributed by atoms with Gasteiger partial charge in [0, 0.05) is 5.75 Å². The first-order valence-corrected chi connectivity index (χ1v) is 10.4. The van der Waals surface area contributed by atoms with Crippen molar-refractivity contribution in [3.05, 3.63) is 96.4 Å². The van der Waals surface area contributed by atoms with Crippen molar-refractivity contribution in [2.75, 3.05) is 0 Å². The van der Waals surface area contributed by atoms with Crippen LogP contribution in [0.2, 0.25) is 0 Å². The van der Waals surface area contributed by atoms with Crippen molar-refractivity contribution in [3.63, 3.8) is 0 Å². The van der Waals surface area contributed by atoms with E-state index in [0.29, 0.717) is 11.1 Å². The van der Waals surface area contributed by atoms with Crippen molar-refractivity contribution in [2.45, 2.75) is 17.6 Å². The molecule has 5 aromatic rings. The number of aromatic nitrogens is 2. The Morgan fingerprint density at radius 2 is 1.55 bits per heavy atom. The van der Waals surface area contributed by atoms with Crippen molar-refractivity contribution < 1.29 is 9.15 Å². The molecule has 0 spiro atoms. The largest absolute Gasteiger partial charge is 0.484 e. The number of ether oxygens (including phenoxy) is 1. The van der Waals surface area contributed by atoms with Crippen LogP contribution in [0.5, 0.6) is 5.75 Å². The highest BCUT2D eigenvalue weighted by Gasteiger charge is 2.09. The minimum atomic E-state index is 0.250. The van der Waals surface area contributed by atoms with E-state index in [1.54, 1.807) is 0 Å². The lowest BCUT2D eigenvalue weighted by Gasteiger charge is -2.05. The zero-order chi connectivity index (χ0) is 19.5. The molecule has 4 nitrogen and oxygen atoms in total. The molecular formula is C24H18N2O2S. The summed E-state index contributed by atoms with van der Waals surface area (Å²) in [5, 5.41) is 13.6. The molecule has 0 N–H and O–H groups in total. The lowest BCUT2D eigenvalue weighted by molar-refractivity contribution is 0.252. The predicted octanol–water partition coefficient (Wildman–Crippen LogP) is 6.25. The standard InChI is InChI=1S/C24H18N2O2S/c1-2-8-19-14-21(13-12-17(19)6-1)27-15-23-25-26-24(28-23)29-16-20-10-5-9-18-7-3-4-11-22(18)20/h1-14H,15-16H2. The van der Waals surface area contributed by atoms with Gasteiger partial charge in [0.25, 0.3) is 11.1 Å². The van der Waals surface area contributed by atoms with Crippen LogP contribution in [0.3, 0.4) is 0 Å². The molecule has 4 aromatic carbocycles. The SMILES string of the molecule is c1ccc2cc(OCc3nnc(SCc4cccc5ccccc45)o3)ccc2c1. The minimum absolute atomic E-state index is 0.250. The smallest absolute Gasteiger partial charge is 0.277 e. The van der Waals surface area contributed by atoms with Gasteiger partial charge in [-0.15, -0.1) is 10.2 Å². The Bertz CT molecular complexity index is 1280. The number of hydrogen-bond acceptors (Lipinski definition) is 5. The first-order valence-electron chi connectivity index (χ1n) is 9.38. The molecule has 0 amide bonds. The molecule has 5 rings (SSSR count). The molecular weight excluding hydrogens is 380 g/mol. The second kappa shape index (κ2) is 7.97. The molecule has 5 heteroatoms. The molecule has 0 aliphatic rings. The highest BCUT2D eigenvalue weighted by Crippen LogP contribution is 2.27. The molecule has 0 bridgehead atoms. The maximum Gasteiger partial charge on any atom is 0.277 e. The Kier molecular flexibility index (Phi) is 4.88. The Morgan fingerprint density at radius 1 is 0.759 bits per heavy atom. The summed E-state index contributed by atoms with van der Waals surface area (Å²) in [5.41, 5.74) is 1.25. The van der Waals surface area contributed by atoms with Crippen LogP contribution in [0.1, 0.15) is 11.5 Å². The molecule has 0 radical (unpaired) electrons. The van der Waals surface area contributed by atoms with E-state index in [2.05, 4.69) is 64.8 Å². The topological polar surface area (TPSA) is 48.2 Å². The number of hydrogen-bond donors (Lipinski definition) is 0. The summed E-state index contributed by atoms with van der Waals surface area (Å²) >= 11 is 1.54. The first kappa shape index (κ1) is 17.8. The first-order chi connectivity index (χ1) is 14.3. The Labute approximate surface area is 172 Å². The average Bonchev–Trinajstić information content (AvgIpc) is 3.24. The molecule has 29 heavy (non-hydrogen) atoms. The molecule has 0 fully saturated rings. The lowest BCUT2D eigenvalue weighted by Crippen LogP contribution is -1.95. The fraction of sp³-hybridized carbons (Fsp3) is 0.0833. The van der Waals surface area contributed by atoms with Gasteiger partial charge in [0.15, 0.2) is 6.61 Å². The molecule has 142 valence electrons. The van der Waals surface area contributed by atoms with Crippen LogP contribution < -0.4 is 4.74 Å².